The highest BCUT2D eigenvalue weighted by molar-refractivity contribution is 14.1. The van der Waals surface area contributed by atoms with Crippen molar-refractivity contribution in [2.45, 2.75) is 12.8 Å². The van der Waals surface area contributed by atoms with E-state index in [-0.39, 0.29) is 0 Å². The van der Waals surface area contributed by atoms with E-state index in [2.05, 4.69) is 22.6 Å². The molecule has 2 rings (SSSR count). The third kappa shape index (κ3) is 2.12. The van der Waals surface area contributed by atoms with Crippen LogP contribution in [0.1, 0.15) is 12.8 Å². The molecule has 0 radical (unpaired) electrons. The molecule has 0 saturated carbocycles. The van der Waals surface area contributed by atoms with Crippen LogP contribution in [0.4, 0.5) is 11.4 Å². The summed E-state index contributed by atoms with van der Waals surface area (Å²) >= 11 is 2.29. The van der Waals surface area contributed by atoms with Crippen molar-refractivity contribution in [2.24, 2.45) is 0 Å². The maximum atomic E-state index is 5.69. The largest absolute Gasteiger partial charge is 0.399 e. The number of halogens is 1. The van der Waals surface area contributed by atoms with Crippen LogP contribution in [0.2, 0.25) is 0 Å². The van der Waals surface area contributed by atoms with Crippen molar-refractivity contribution in [2.75, 3.05) is 23.9 Å². The molecule has 1 heterocycles. The molecule has 1 aliphatic rings. The molecular weight excluding hydrogens is 291 g/mol. The second kappa shape index (κ2) is 4.35. The lowest BCUT2D eigenvalue weighted by molar-refractivity contribution is 0.0775. The van der Waals surface area contributed by atoms with Crippen LogP contribution in [0.5, 0.6) is 0 Å². The molecule has 2 N–H and O–H groups in total. The standard InChI is InChI=1S/C10H13IN2O/c11-9-7-8(12)3-4-10(9)13-5-1-2-6-14-13/h3-4,7H,1-2,5-6,12H2. The quantitative estimate of drug-likeness (QED) is 0.639. The predicted octanol–water partition coefficient (Wildman–Crippen LogP) is 2.41. The molecular formula is C10H13IN2O. The Hall–Kier alpha value is -0.490. The lowest BCUT2D eigenvalue weighted by Crippen LogP contribution is -2.30. The van der Waals surface area contributed by atoms with Crippen molar-refractivity contribution in [3.8, 4) is 0 Å². The van der Waals surface area contributed by atoms with Gasteiger partial charge in [-0.25, -0.2) is 0 Å². The smallest absolute Gasteiger partial charge is 0.0771 e. The average Bonchev–Trinajstić information content (AvgIpc) is 2.19. The number of benzene rings is 1. The van der Waals surface area contributed by atoms with E-state index < -0.39 is 0 Å². The first-order valence-electron chi connectivity index (χ1n) is 4.73. The van der Waals surface area contributed by atoms with Crippen LogP contribution in [0, 0.1) is 3.57 Å². The molecule has 1 aromatic carbocycles. The van der Waals surface area contributed by atoms with E-state index in [9.17, 15) is 0 Å². The Morgan fingerprint density at radius 2 is 2.21 bits per heavy atom. The summed E-state index contributed by atoms with van der Waals surface area (Å²) in [5, 5.41) is 1.96. The lowest BCUT2D eigenvalue weighted by Gasteiger charge is -2.28. The first kappa shape index (κ1) is 10.0. The van der Waals surface area contributed by atoms with Crippen LogP contribution in [-0.2, 0) is 4.84 Å². The second-order valence-corrected chi connectivity index (χ2v) is 4.52. The number of nitrogens with zero attached hydrogens (tertiary/aromatic N) is 1. The van der Waals surface area contributed by atoms with Gasteiger partial charge in [0.1, 0.15) is 0 Å². The van der Waals surface area contributed by atoms with Crippen LogP contribution in [0.25, 0.3) is 0 Å². The maximum Gasteiger partial charge on any atom is 0.0771 e. The molecule has 1 fully saturated rings. The molecule has 4 heteroatoms. The maximum absolute atomic E-state index is 5.69. The van der Waals surface area contributed by atoms with Crippen LogP contribution >= 0.6 is 22.6 Å². The summed E-state index contributed by atoms with van der Waals surface area (Å²) in [6, 6.07) is 5.89. The van der Waals surface area contributed by atoms with Gasteiger partial charge in [0.2, 0.25) is 0 Å². The normalized spacial score (nSPS) is 17.1. The number of rotatable bonds is 1. The van der Waals surface area contributed by atoms with Crippen molar-refractivity contribution in [1.29, 1.82) is 0 Å². The van der Waals surface area contributed by atoms with Gasteiger partial charge in [-0.3, -0.25) is 9.90 Å². The van der Waals surface area contributed by atoms with E-state index in [0.717, 1.165) is 34.5 Å². The summed E-state index contributed by atoms with van der Waals surface area (Å²) < 4.78 is 1.14. The molecule has 3 nitrogen and oxygen atoms in total. The summed E-state index contributed by atoms with van der Waals surface area (Å²) in [7, 11) is 0. The molecule has 1 aliphatic heterocycles. The highest BCUT2D eigenvalue weighted by Gasteiger charge is 2.14. The van der Waals surface area contributed by atoms with Crippen molar-refractivity contribution in [3.05, 3.63) is 21.8 Å². The molecule has 0 atom stereocenters. The summed E-state index contributed by atoms with van der Waals surface area (Å²) in [4.78, 5) is 5.57. The third-order valence-electron chi connectivity index (χ3n) is 2.24. The zero-order valence-corrected chi connectivity index (χ0v) is 10.0. The lowest BCUT2D eigenvalue weighted by atomic mass is 10.2. The van der Waals surface area contributed by atoms with E-state index in [0.29, 0.717) is 0 Å². The van der Waals surface area contributed by atoms with Gasteiger partial charge < -0.3 is 5.73 Å². The van der Waals surface area contributed by atoms with Crippen LogP contribution in [0.15, 0.2) is 18.2 Å². The van der Waals surface area contributed by atoms with Gasteiger partial charge in [-0.1, -0.05) is 0 Å². The van der Waals surface area contributed by atoms with E-state index in [4.69, 9.17) is 10.6 Å². The Morgan fingerprint density at radius 3 is 2.86 bits per heavy atom. The molecule has 1 saturated heterocycles. The van der Waals surface area contributed by atoms with Crippen molar-refractivity contribution >= 4 is 34.0 Å². The number of hydrogen-bond donors (Lipinski definition) is 1. The topological polar surface area (TPSA) is 38.5 Å². The van der Waals surface area contributed by atoms with Gasteiger partial charge in [0.15, 0.2) is 0 Å². The number of nitrogens with two attached hydrogens (primary N) is 1. The van der Waals surface area contributed by atoms with Gasteiger partial charge in [0.25, 0.3) is 0 Å². The van der Waals surface area contributed by atoms with Crippen LogP contribution in [-0.4, -0.2) is 13.2 Å². The summed E-state index contributed by atoms with van der Waals surface area (Å²) in [6.45, 7) is 1.79. The van der Waals surface area contributed by atoms with Gasteiger partial charge in [-0.15, -0.1) is 0 Å². The van der Waals surface area contributed by atoms with Gasteiger partial charge in [0, 0.05) is 15.8 Å². The first-order valence-corrected chi connectivity index (χ1v) is 5.81. The van der Waals surface area contributed by atoms with Gasteiger partial charge in [-0.05, 0) is 53.6 Å². The highest BCUT2D eigenvalue weighted by Crippen LogP contribution is 2.26. The summed E-state index contributed by atoms with van der Waals surface area (Å²) in [6.07, 6.45) is 2.35. The highest BCUT2D eigenvalue weighted by atomic mass is 127. The Balaban J connectivity index is 2.22. The fourth-order valence-corrected chi connectivity index (χ4v) is 2.32. The molecule has 76 valence electrons. The first-order chi connectivity index (χ1) is 6.77. The van der Waals surface area contributed by atoms with Gasteiger partial charge in [-0.2, -0.15) is 0 Å². The molecule has 0 unspecified atom stereocenters. The predicted molar refractivity (Wildman–Crippen MR) is 66.1 cm³/mol. The van der Waals surface area contributed by atoms with Gasteiger partial charge in [0.05, 0.1) is 12.3 Å². The minimum absolute atomic E-state index is 0.801. The molecule has 14 heavy (non-hydrogen) atoms. The summed E-state index contributed by atoms with van der Waals surface area (Å²) in [5.74, 6) is 0. The van der Waals surface area contributed by atoms with Crippen LogP contribution < -0.4 is 10.8 Å². The number of hydrogen-bond acceptors (Lipinski definition) is 3. The summed E-state index contributed by atoms with van der Waals surface area (Å²) in [5.41, 5.74) is 7.62. The monoisotopic (exact) mass is 304 g/mol. The Bertz CT molecular complexity index is 324. The third-order valence-corrected chi connectivity index (χ3v) is 3.11. The van der Waals surface area contributed by atoms with E-state index >= 15 is 0 Å². The Morgan fingerprint density at radius 1 is 1.36 bits per heavy atom. The average molecular weight is 304 g/mol. The zero-order chi connectivity index (χ0) is 9.97. The molecule has 1 aromatic rings. The van der Waals surface area contributed by atoms with E-state index in [1.165, 1.54) is 6.42 Å². The number of hydroxylamine groups is 1. The Kier molecular flexibility index (Phi) is 3.12. The minimum atomic E-state index is 0.801. The molecule has 0 aliphatic carbocycles. The van der Waals surface area contributed by atoms with E-state index in [1.807, 2.05) is 23.3 Å². The second-order valence-electron chi connectivity index (χ2n) is 3.35. The molecule has 0 aromatic heterocycles. The Labute approximate surface area is 97.3 Å². The molecule has 0 bridgehead atoms. The van der Waals surface area contributed by atoms with Crippen molar-refractivity contribution < 1.29 is 4.84 Å². The van der Waals surface area contributed by atoms with Crippen molar-refractivity contribution in [1.82, 2.24) is 0 Å². The van der Waals surface area contributed by atoms with Gasteiger partial charge >= 0.3 is 0 Å². The fraction of sp³-hybridized carbons (Fsp3) is 0.400. The fourth-order valence-electron chi connectivity index (χ4n) is 1.51. The number of anilines is 2. The van der Waals surface area contributed by atoms with E-state index in [1.54, 1.807) is 0 Å². The molecule has 0 spiro atoms. The van der Waals surface area contributed by atoms with Crippen LogP contribution in [0.3, 0.4) is 0 Å². The number of nitrogen functional groups attached to an aromatic ring is 1. The minimum Gasteiger partial charge on any atom is -0.399 e. The SMILES string of the molecule is Nc1ccc(N2CCCCO2)c(I)c1. The molecule has 0 amide bonds. The zero-order valence-electron chi connectivity index (χ0n) is 7.87. The van der Waals surface area contributed by atoms with Crippen molar-refractivity contribution in [3.63, 3.8) is 0 Å².